The third-order valence-electron chi connectivity index (χ3n) is 6.76. The molecule has 0 N–H and O–H groups in total. The summed E-state index contributed by atoms with van der Waals surface area (Å²) in [7, 11) is 1.62. The predicted molar refractivity (Wildman–Crippen MR) is 133 cm³/mol. The number of aryl methyl sites for hydroxylation is 1. The number of benzene rings is 1. The number of rotatable bonds is 9. The molecular weight excluding hydrogens is 492 g/mol. The molecule has 1 aliphatic rings. The fourth-order valence-electron chi connectivity index (χ4n) is 4.57. The fourth-order valence-corrected chi connectivity index (χ4v) is 4.57. The Bertz CT molecular complexity index is 1470. The highest BCUT2D eigenvalue weighted by Gasteiger charge is 2.39. The van der Waals surface area contributed by atoms with E-state index in [9.17, 15) is 18.4 Å². The van der Waals surface area contributed by atoms with Crippen LogP contribution in [0.5, 0.6) is 0 Å². The van der Waals surface area contributed by atoms with Crippen molar-refractivity contribution in [2.45, 2.75) is 38.2 Å². The number of pyridine rings is 2. The molecule has 0 amide bonds. The quantitative estimate of drug-likeness (QED) is 0.179. The van der Waals surface area contributed by atoms with E-state index in [-0.39, 0.29) is 17.8 Å². The maximum atomic E-state index is 13.9. The van der Waals surface area contributed by atoms with Crippen LogP contribution in [0.2, 0.25) is 0 Å². The minimum atomic E-state index is -1.05. The summed E-state index contributed by atoms with van der Waals surface area (Å²) in [5.41, 5.74) is 2.84. The molecule has 4 aromatic rings. The van der Waals surface area contributed by atoms with Crippen molar-refractivity contribution >= 4 is 11.8 Å². The van der Waals surface area contributed by atoms with E-state index in [2.05, 4.69) is 32.4 Å². The largest absolute Gasteiger partial charge is 0.457 e. The van der Waals surface area contributed by atoms with Crippen molar-refractivity contribution in [2.75, 3.05) is 0 Å². The number of halogens is 2. The molecule has 5 rings (SSSR count). The Balaban J connectivity index is 1.23. The summed E-state index contributed by atoms with van der Waals surface area (Å²) >= 11 is 0. The molecule has 0 saturated heterocycles. The van der Waals surface area contributed by atoms with Crippen LogP contribution in [0.1, 0.15) is 59.0 Å². The monoisotopic (exact) mass is 517 g/mol. The number of Topliss-reactive ketones (excluding diaryl/α,β-unsaturated/α-hetero) is 1. The van der Waals surface area contributed by atoms with Gasteiger partial charge in [-0.3, -0.25) is 19.3 Å². The lowest BCUT2D eigenvalue weighted by Gasteiger charge is -2.14. The SMILES string of the molecule is C[C@@H](OC(=O)Cc1c(-c2ccc(C(=O)C[C@@H]3C[C@H]3c3ccccc3)cn2)nnn1C)c1cc(F)cnc1F. The summed E-state index contributed by atoms with van der Waals surface area (Å²) in [5, 5.41) is 8.10. The van der Waals surface area contributed by atoms with Crippen LogP contribution in [0, 0.1) is 17.7 Å². The summed E-state index contributed by atoms with van der Waals surface area (Å²) in [5.74, 6) is -1.54. The van der Waals surface area contributed by atoms with Gasteiger partial charge in [0.15, 0.2) is 5.78 Å². The minimum absolute atomic E-state index is 0.0310. The summed E-state index contributed by atoms with van der Waals surface area (Å²) in [6.45, 7) is 1.43. The lowest BCUT2D eigenvalue weighted by molar-refractivity contribution is -0.148. The Morgan fingerprint density at radius 2 is 1.89 bits per heavy atom. The molecule has 0 unspecified atom stereocenters. The molecule has 3 aromatic heterocycles. The van der Waals surface area contributed by atoms with Gasteiger partial charge in [0.25, 0.3) is 0 Å². The van der Waals surface area contributed by atoms with Crippen molar-refractivity contribution in [3.63, 3.8) is 0 Å². The van der Waals surface area contributed by atoms with Crippen LogP contribution in [0.3, 0.4) is 0 Å². The molecule has 10 heteroatoms. The summed E-state index contributed by atoms with van der Waals surface area (Å²) in [6.07, 6.45) is 2.45. The van der Waals surface area contributed by atoms with E-state index >= 15 is 0 Å². The molecule has 1 aromatic carbocycles. The van der Waals surface area contributed by atoms with Crippen LogP contribution in [0.4, 0.5) is 8.78 Å². The molecule has 1 fully saturated rings. The van der Waals surface area contributed by atoms with Crippen LogP contribution < -0.4 is 0 Å². The summed E-state index contributed by atoms with van der Waals surface area (Å²) < 4.78 is 34.1. The predicted octanol–water partition coefficient (Wildman–Crippen LogP) is 4.77. The number of aromatic nitrogens is 5. The Labute approximate surface area is 217 Å². The fraction of sp³-hybridized carbons (Fsp3) is 0.286. The van der Waals surface area contributed by atoms with Crippen molar-refractivity contribution in [2.24, 2.45) is 13.0 Å². The first-order valence-electron chi connectivity index (χ1n) is 12.2. The van der Waals surface area contributed by atoms with Gasteiger partial charge in [-0.2, -0.15) is 4.39 Å². The van der Waals surface area contributed by atoms with Gasteiger partial charge in [0, 0.05) is 25.2 Å². The van der Waals surface area contributed by atoms with Crippen LogP contribution in [0.25, 0.3) is 11.4 Å². The Kier molecular flexibility index (Phi) is 7.04. The van der Waals surface area contributed by atoms with Gasteiger partial charge in [-0.15, -0.1) is 5.10 Å². The lowest BCUT2D eigenvalue weighted by atomic mass is 10.0. The molecule has 0 spiro atoms. The highest BCUT2D eigenvalue weighted by atomic mass is 19.1. The van der Waals surface area contributed by atoms with Crippen LogP contribution in [-0.2, 0) is 23.0 Å². The number of ether oxygens (including phenoxy) is 1. The molecule has 3 heterocycles. The standard InChI is InChI=1S/C28H25F2N5O3/c1-16(21-12-20(29)15-32-28(21)30)38-26(37)13-24-27(33-34-35(24)2)23-9-8-18(14-31-23)25(36)11-19-10-22(19)17-6-4-3-5-7-17/h3-9,12,14-16,19,22H,10-11,13H2,1-2H3/t16-,19+,22+/m1/s1. The highest BCUT2D eigenvalue weighted by Crippen LogP contribution is 2.49. The second-order valence-electron chi connectivity index (χ2n) is 9.42. The van der Waals surface area contributed by atoms with E-state index < -0.39 is 23.8 Å². The molecule has 1 saturated carbocycles. The first-order chi connectivity index (χ1) is 18.3. The van der Waals surface area contributed by atoms with E-state index in [0.29, 0.717) is 40.9 Å². The second-order valence-corrected chi connectivity index (χ2v) is 9.42. The molecule has 0 aliphatic heterocycles. The molecule has 3 atom stereocenters. The first kappa shape index (κ1) is 25.3. The van der Waals surface area contributed by atoms with Crippen LogP contribution >= 0.6 is 0 Å². The third-order valence-corrected chi connectivity index (χ3v) is 6.76. The van der Waals surface area contributed by atoms with Gasteiger partial charge in [-0.25, -0.2) is 9.37 Å². The van der Waals surface area contributed by atoms with Crippen molar-refractivity contribution in [1.82, 2.24) is 25.0 Å². The van der Waals surface area contributed by atoms with Crippen molar-refractivity contribution < 1.29 is 23.1 Å². The number of hydrogen-bond acceptors (Lipinski definition) is 7. The van der Waals surface area contributed by atoms with Crippen molar-refractivity contribution in [1.29, 1.82) is 0 Å². The van der Waals surface area contributed by atoms with Crippen molar-refractivity contribution in [3.8, 4) is 11.4 Å². The molecule has 194 valence electrons. The number of esters is 1. The van der Waals surface area contributed by atoms with Gasteiger partial charge in [0.2, 0.25) is 5.95 Å². The average molecular weight is 518 g/mol. The van der Waals surface area contributed by atoms with Gasteiger partial charge >= 0.3 is 5.97 Å². The van der Waals surface area contributed by atoms with Crippen LogP contribution in [0.15, 0.2) is 60.9 Å². The number of hydrogen-bond donors (Lipinski definition) is 0. The molecule has 38 heavy (non-hydrogen) atoms. The number of ketones is 1. The van der Waals surface area contributed by atoms with Gasteiger partial charge < -0.3 is 4.74 Å². The van der Waals surface area contributed by atoms with E-state index in [0.717, 1.165) is 18.7 Å². The Hall–Kier alpha value is -4.34. The minimum Gasteiger partial charge on any atom is -0.457 e. The molecule has 8 nitrogen and oxygen atoms in total. The smallest absolute Gasteiger partial charge is 0.312 e. The van der Waals surface area contributed by atoms with Crippen molar-refractivity contribution in [3.05, 3.63) is 95.1 Å². The maximum absolute atomic E-state index is 13.9. The lowest BCUT2D eigenvalue weighted by Crippen LogP contribution is -2.15. The van der Waals surface area contributed by atoms with E-state index in [1.165, 1.54) is 23.4 Å². The zero-order valence-corrected chi connectivity index (χ0v) is 20.8. The zero-order chi connectivity index (χ0) is 26.8. The van der Waals surface area contributed by atoms with Gasteiger partial charge in [0.05, 0.1) is 29.6 Å². The molecule has 0 radical (unpaired) electrons. The average Bonchev–Trinajstić information content (AvgIpc) is 3.59. The molecular formula is C28H25F2N5O3. The van der Waals surface area contributed by atoms with Gasteiger partial charge in [0.1, 0.15) is 17.6 Å². The van der Waals surface area contributed by atoms with Gasteiger partial charge in [-0.1, -0.05) is 35.5 Å². The van der Waals surface area contributed by atoms with E-state index in [4.69, 9.17) is 4.74 Å². The topological polar surface area (TPSA) is 99.9 Å². The maximum Gasteiger partial charge on any atom is 0.312 e. The second kappa shape index (κ2) is 10.6. The first-order valence-corrected chi connectivity index (χ1v) is 12.2. The zero-order valence-electron chi connectivity index (χ0n) is 20.8. The highest BCUT2D eigenvalue weighted by molar-refractivity contribution is 5.96. The summed E-state index contributed by atoms with van der Waals surface area (Å²) in [6, 6.07) is 14.5. The third kappa shape index (κ3) is 5.49. The summed E-state index contributed by atoms with van der Waals surface area (Å²) in [4.78, 5) is 33.1. The van der Waals surface area contributed by atoms with Gasteiger partial charge in [-0.05, 0) is 48.9 Å². The molecule has 0 bridgehead atoms. The number of carbonyl (C=O) groups excluding carboxylic acids is 2. The van der Waals surface area contributed by atoms with E-state index in [1.54, 1.807) is 19.2 Å². The van der Waals surface area contributed by atoms with E-state index in [1.807, 2.05) is 18.2 Å². The Morgan fingerprint density at radius 1 is 1.11 bits per heavy atom. The normalized spacial score (nSPS) is 17.2. The van der Waals surface area contributed by atoms with Crippen LogP contribution in [-0.4, -0.2) is 36.7 Å². The Morgan fingerprint density at radius 3 is 2.63 bits per heavy atom. The number of carbonyl (C=O) groups is 2. The number of nitrogens with zero attached hydrogens (tertiary/aromatic N) is 5. The molecule has 1 aliphatic carbocycles.